The van der Waals surface area contributed by atoms with E-state index in [9.17, 15) is 13.2 Å². The molecule has 1 aromatic heterocycles. The molecule has 2 aliphatic carbocycles. The Kier molecular flexibility index (Phi) is 7.52. The Morgan fingerprint density at radius 3 is 2.61 bits per heavy atom. The zero-order valence-electron chi connectivity index (χ0n) is 21.6. The maximum atomic E-state index is 13.2. The quantitative estimate of drug-likeness (QED) is 0.394. The summed E-state index contributed by atoms with van der Waals surface area (Å²) in [6.45, 7) is 3.93. The highest BCUT2D eigenvalue weighted by Crippen LogP contribution is 2.33. The summed E-state index contributed by atoms with van der Waals surface area (Å²) in [6.07, 6.45) is 7.52. The molecule has 38 heavy (non-hydrogen) atoms. The van der Waals surface area contributed by atoms with Crippen LogP contribution in [0.5, 0.6) is 0 Å². The van der Waals surface area contributed by atoms with Crippen molar-refractivity contribution in [3.8, 4) is 0 Å². The van der Waals surface area contributed by atoms with Gasteiger partial charge in [-0.2, -0.15) is 18.2 Å². The summed E-state index contributed by atoms with van der Waals surface area (Å²) in [5.74, 6) is 1.66. The van der Waals surface area contributed by atoms with Crippen LogP contribution in [0.4, 0.5) is 24.9 Å². The first-order chi connectivity index (χ1) is 18.2. The lowest BCUT2D eigenvalue weighted by Crippen LogP contribution is -2.48. The molecular weight excluding hydrogens is 493 g/mol. The number of nitrogen functional groups attached to an aromatic ring is 1. The van der Waals surface area contributed by atoms with Crippen LogP contribution in [0.25, 0.3) is 0 Å². The standard InChI is InChI=1S/C28H35F3N6O/c1-18(20-8-5-9-20)34-25(32)24-26(33)35-27(36-14-15-38-17-23(36)21-6-3-2-4-7-21)37(24)16-19-10-12-22(13-11-19)28(29,30)31/h3,6-7,10-13,18,20,23H,2,4-5,8-9,14-17,33H2,1H3,(H2,32,34). The van der Waals surface area contributed by atoms with Crippen LogP contribution in [0.1, 0.15) is 55.8 Å². The normalized spacial score (nSPS) is 21.8. The number of halogens is 3. The molecule has 1 saturated heterocycles. The fourth-order valence-corrected chi connectivity index (χ4v) is 5.39. The number of alkyl halides is 3. The molecule has 1 aliphatic heterocycles. The average Bonchev–Trinajstić information content (AvgIpc) is 3.18. The summed E-state index contributed by atoms with van der Waals surface area (Å²) >= 11 is 0. The topological polar surface area (TPSA) is 94.7 Å². The Labute approximate surface area is 221 Å². The highest BCUT2D eigenvalue weighted by molar-refractivity contribution is 6.00. The maximum Gasteiger partial charge on any atom is 0.416 e. The van der Waals surface area contributed by atoms with Crippen LogP contribution in [-0.2, 0) is 17.5 Å². The van der Waals surface area contributed by atoms with E-state index < -0.39 is 11.7 Å². The van der Waals surface area contributed by atoms with Crippen molar-refractivity contribution in [3.63, 3.8) is 0 Å². The molecule has 0 spiro atoms. The van der Waals surface area contributed by atoms with Crippen molar-refractivity contribution in [2.45, 2.75) is 63.8 Å². The van der Waals surface area contributed by atoms with Gasteiger partial charge in [0.25, 0.3) is 0 Å². The third kappa shape index (κ3) is 5.45. The van der Waals surface area contributed by atoms with Crippen LogP contribution < -0.4 is 16.4 Å². The van der Waals surface area contributed by atoms with Gasteiger partial charge in [-0.25, -0.2) is 0 Å². The van der Waals surface area contributed by atoms with Crippen molar-refractivity contribution >= 4 is 17.6 Å². The van der Waals surface area contributed by atoms with Gasteiger partial charge in [-0.3, -0.25) is 4.99 Å². The number of imidazole rings is 1. The average molecular weight is 529 g/mol. The van der Waals surface area contributed by atoms with Crippen LogP contribution in [0.2, 0.25) is 0 Å². The van der Waals surface area contributed by atoms with Crippen molar-refractivity contribution in [1.29, 1.82) is 0 Å². The second-order valence-electron chi connectivity index (χ2n) is 10.3. The molecule has 7 nitrogen and oxygen atoms in total. The van der Waals surface area contributed by atoms with Crippen molar-refractivity contribution < 1.29 is 17.9 Å². The lowest BCUT2D eigenvalue weighted by molar-refractivity contribution is -0.137. The predicted octanol–water partition coefficient (Wildman–Crippen LogP) is 4.91. The van der Waals surface area contributed by atoms with E-state index in [2.05, 4.69) is 30.1 Å². The number of benzene rings is 1. The first-order valence-electron chi connectivity index (χ1n) is 13.3. The monoisotopic (exact) mass is 528 g/mol. The minimum absolute atomic E-state index is 0.0506. The van der Waals surface area contributed by atoms with Crippen LogP contribution in [0.15, 0.2) is 53.1 Å². The van der Waals surface area contributed by atoms with Gasteiger partial charge in [0.05, 0.1) is 37.4 Å². The Morgan fingerprint density at radius 2 is 1.97 bits per heavy atom. The van der Waals surface area contributed by atoms with E-state index in [-0.39, 0.29) is 24.4 Å². The first-order valence-corrected chi connectivity index (χ1v) is 13.3. The SMILES string of the molecule is CC(N=C(N)c1c(N)nc(N2CCOCC2C2=CCCC=C2)n1Cc1ccc(C(F)(F)F)cc1)C1CCC1. The molecule has 2 unspecified atom stereocenters. The van der Waals surface area contributed by atoms with E-state index in [1.807, 2.05) is 4.57 Å². The molecule has 4 N–H and O–H groups in total. The number of hydrogen-bond acceptors (Lipinski definition) is 5. The molecule has 3 aliphatic rings. The molecule has 10 heteroatoms. The summed E-state index contributed by atoms with van der Waals surface area (Å²) in [5.41, 5.74) is 14.7. The maximum absolute atomic E-state index is 13.2. The summed E-state index contributed by atoms with van der Waals surface area (Å²) in [6, 6.07) is 5.16. The molecule has 1 aromatic carbocycles. The van der Waals surface area contributed by atoms with Crippen LogP contribution in [-0.4, -0.2) is 47.2 Å². The second kappa shape index (κ2) is 10.8. The fraction of sp³-hybridized carbons (Fsp3) is 0.500. The number of rotatable bonds is 7. The smallest absolute Gasteiger partial charge is 0.382 e. The minimum Gasteiger partial charge on any atom is -0.382 e. The van der Waals surface area contributed by atoms with E-state index in [1.54, 1.807) is 0 Å². The lowest BCUT2D eigenvalue weighted by Gasteiger charge is -2.38. The van der Waals surface area contributed by atoms with Gasteiger partial charge in [0.15, 0.2) is 5.82 Å². The molecule has 2 aromatic rings. The molecule has 2 atom stereocenters. The summed E-state index contributed by atoms with van der Waals surface area (Å²) in [4.78, 5) is 11.7. The predicted molar refractivity (Wildman–Crippen MR) is 143 cm³/mol. The third-order valence-electron chi connectivity index (χ3n) is 7.81. The second-order valence-corrected chi connectivity index (χ2v) is 10.3. The molecule has 5 rings (SSSR count). The zero-order chi connectivity index (χ0) is 26.9. The van der Waals surface area contributed by atoms with E-state index in [1.165, 1.54) is 18.6 Å². The Morgan fingerprint density at radius 1 is 1.21 bits per heavy atom. The van der Waals surface area contributed by atoms with E-state index in [0.717, 1.165) is 43.4 Å². The van der Waals surface area contributed by atoms with E-state index in [4.69, 9.17) is 26.2 Å². The van der Waals surface area contributed by atoms with Gasteiger partial charge >= 0.3 is 6.18 Å². The summed E-state index contributed by atoms with van der Waals surface area (Å²) in [5, 5.41) is 0. The van der Waals surface area contributed by atoms with Gasteiger partial charge in [0.2, 0.25) is 5.95 Å². The zero-order valence-corrected chi connectivity index (χ0v) is 21.6. The molecule has 2 heterocycles. The highest BCUT2D eigenvalue weighted by atomic mass is 19.4. The highest BCUT2D eigenvalue weighted by Gasteiger charge is 2.33. The number of hydrogen-bond donors (Lipinski definition) is 2. The van der Waals surface area contributed by atoms with Crippen molar-refractivity contribution in [1.82, 2.24) is 9.55 Å². The molecule has 0 radical (unpaired) electrons. The Balaban J connectivity index is 1.55. The molecule has 0 amide bonds. The minimum atomic E-state index is -4.40. The van der Waals surface area contributed by atoms with E-state index >= 15 is 0 Å². The van der Waals surface area contributed by atoms with Gasteiger partial charge in [-0.15, -0.1) is 0 Å². The molecule has 1 saturated carbocycles. The van der Waals surface area contributed by atoms with Crippen LogP contribution >= 0.6 is 0 Å². The first kappa shape index (κ1) is 26.3. The number of ether oxygens (including phenoxy) is 1. The van der Waals surface area contributed by atoms with Gasteiger partial charge in [0.1, 0.15) is 11.5 Å². The number of nitrogens with zero attached hydrogens (tertiary/aromatic N) is 4. The van der Waals surface area contributed by atoms with Gasteiger partial charge in [-0.05, 0) is 61.8 Å². The van der Waals surface area contributed by atoms with Crippen molar-refractivity contribution in [3.05, 3.63) is 64.9 Å². The number of anilines is 2. The lowest BCUT2D eigenvalue weighted by atomic mass is 9.81. The van der Waals surface area contributed by atoms with Crippen LogP contribution in [0.3, 0.4) is 0 Å². The van der Waals surface area contributed by atoms with Crippen molar-refractivity contribution in [2.75, 3.05) is 30.4 Å². The Hall–Kier alpha value is -3.27. The summed E-state index contributed by atoms with van der Waals surface area (Å²) < 4.78 is 47.3. The number of allylic oxidation sites excluding steroid dienone is 2. The van der Waals surface area contributed by atoms with E-state index in [0.29, 0.717) is 48.7 Å². The largest absolute Gasteiger partial charge is 0.416 e. The molecule has 204 valence electrons. The Bertz CT molecular complexity index is 1230. The van der Waals surface area contributed by atoms with Crippen LogP contribution in [0, 0.1) is 5.92 Å². The third-order valence-corrected chi connectivity index (χ3v) is 7.81. The van der Waals surface area contributed by atoms with Gasteiger partial charge < -0.3 is 25.7 Å². The molecular formula is C28H35F3N6O. The number of nitrogens with two attached hydrogens (primary N) is 2. The number of morpholine rings is 1. The molecule has 0 bridgehead atoms. The van der Waals surface area contributed by atoms with Gasteiger partial charge in [-0.1, -0.05) is 36.8 Å². The molecule has 2 fully saturated rings. The van der Waals surface area contributed by atoms with Crippen molar-refractivity contribution in [2.24, 2.45) is 16.6 Å². The fourth-order valence-electron chi connectivity index (χ4n) is 5.39. The number of aliphatic imine (C=N–C) groups is 1. The number of amidine groups is 1. The number of aromatic nitrogens is 2. The summed E-state index contributed by atoms with van der Waals surface area (Å²) in [7, 11) is 0. The van der Waals surface area contributed by atoms with Gasteiger partial charge in [0, 0.05) is 6.54 Å².